The summed E-state index contributed by atoms with van der Waals surface area (Å²) in [6.07, 6.45) is 1.59. The lowest BCUT2D eigenvalue weighted by molar-refractivity contribution is -0.116. The Hall–Kier alpha value is -2.48. The first-order valence-electron chi connectivity index (χ1n) is 6.65. The number of nitrogens with zero attached hydrogens (tertiary/aromatic N) is 3. The normalized spacial score (nSPS) is 14.5. The largest absolute Gasteiger partial charge is 0.325 e. The highest BCUT2D eigenvalue weighted by molar-refractivity contribution is 7.13. The van der Waals surface area contributed by atoms with Gasteiger partial charge >= 0.3 is 6.03 Å². The van der Waals surface area contributed by atoms with Crippen molar-refractivity contribution in [3.05, 3.63) is 41.7 Å². The quantitative estimate of drug-likeness (QED) is 0.939. The minimum absolute atomic E-state index is 0.0316. The first-order chi connectivity index (χ1) is 10.6. The summed E-state index contributed by atoms with van der Waals surface area (Å²) < 4.78 is 12.9. The van der Waals surface area contributed by atoms with Crippen LogP contribution in [0.4, 0.5) is 20.0 Å². The van der Waals surface area contributed by atoms with Crippen molar-refractivity contribution in [3.63, 3.8) is 0 Å². The summed E-state index contributed by atoms with van der Waals surface area (Å²) in [5.41, 5.74) is 0.620. The van der Waals surface area contributed by atoms with Gasteiger partial charge < -0.3 is 10.2 Å². The van der Waals surface area contributed by atoms with Gasteiger partial charge in [0.15, 0.2) is 5.13 Å². The Kier molecular flexibility index (Phi) is 4.01. The molecule has 6 nitrogen and oxygen atoms in total. The van der Waals surface area contributed by atoms with Crippen molar-refractivity contribution < 1.29 is 14.0 Å². The van der Waals surface area contributed by atoms with Crippen molar-refractivity contribution in [2.75, 3.05) is 29.9 Å². The zero-order valence-electron chi connectivity index (χ0n) is 11.5. The van der Waals surface area contributed by atoms with Gasteiger partial charge in [0, 0.05) is 30.4 Å². The SMILES string of the molecule is O=C(CN1CCN(c2ccc(F)cc2)C1=O)Nc1nccs1. The van der Waals surface area contributed by atoms with Crippen LogP contribution in [0.5, 0.6) is 0 Å². The molecule has 2 heterocycles. The molecular formula is C14H13FN4O2S. The van der Waals surface area contributed by atoms with E-state index in [2.05, 4.69) is 10.3 Å². The van der Waals surface area contributed by atoms with Gasteiger partial charge in [-0.25, -0.2) is 14.2 Å². The highest BCUT2D eigenvalue weighted by Gasteiger charge is 2.30. The van der Waals surface area contributed by atoms with E-state index in [-0.39, 0.29) is 24.3 Å². The van der Waals surface area contributed by atoms with E-state index in [1.54, 1.807) is 23.7 Å². The molecule has 1 aliphatic heterocycles. The second-order valence-electron chi connectivity index (χ2n) is 4.72. The number of rotatable bonds is 4. The monoisotopic (exact) mass is 320 g/mol. The molecule has 1 aromatic carbocycles. The zero-order valence-corrected chi connectivity index (χ0v) is 12.3. The Morgan fingerprint density at radius 2 is 2.09 bits per heavy atom. The molecule has 3 rings (SSSR count). The van der Waals surface area contributed by atoms with Gasteiger partial charge in [-0.15, -0.1) is 11.3 Å². The van der Waals surface area contributed by atoms with E-state index in [4.69, 9.17) is 0 Å². The summed E-state index contributed by atoms with van der Waals surface area (Å²) in [5, 5.41) is 4.90. The van der Waals surface area contributed by atoms with E-state index in [0.717, 1.165) is 0 Å². The average Bonchev–Trinajstić information content (AvgIpc) is 3.11. The first kappa shape index (κ1) is 14.5. The fourth-order valence-corrected chi connectivity index (χ4v) is 2.75. The number of nitrogens with one attached hydrogen (secondary N) is 1. The number of thiazole rings is 1. The number of aromatic nitrogens is 1. The molecule has 1 fully saturated rings. The first-order valence-corrected chi connectivity index (χ1v) is 7.53. The number of hydrogen-bond donors (Lipinski definition) is 1. The molecule has 1 aliphatic rings. The summed E-state index contributed by atoms with van der Waals surface area (Å²) in [6, 6.07) is 5.44. The third kappa shape index (κ3) is 3.06. The van der Waals surface area contributed by atoms with Crippen LogP contribution in [0.25, 0.3) is 0 Å². The van der Waals surface area contributed by atoms with Crippen molar-refractivity contribution >= 4 is 34.1 Å². The van der Waals surface area contributed by atoms with Crippen molar-refractivity contribution in [3.8, 4) is 0 Å². The highest BCUT2D eigenvalue weighted by atomic mass is 32.1. The van der Waals surface area contributed by atoms with E-state index in [1.165, 1.54) is 33.3 Å². The summed E-state index contributed by atoms with van der Waals surface area (Å²) in [7, 11) is 0. The molecule has 0 unspecified atom stereocenters. The molecule has 8 heteroatoms. The predicted molar refractivity (Wildman–Crippen MR) is 81.5 cm³/mol. The average molecular weight is 320 g/mol. The van der Waals surface area contributed by atoms with Gasteiger partial charge in [-0.2, -0.15) is 0 Å². The molecular weight excluding hydrogens is 307 g/mol. The van der Waals surface area contributed by atoms with Crippen LogP contribution in [-0.2, 0) is 4.79 Å². The maximum absolute atomic E-state index is 12.9. The molecule has 1 N–H and O–H groups in total. The van der Waals surface area contributed by atoms with Gasteiger partial charge in [-0.1, -0.05) is 0 Å². The third-order valence-electron chi connectivity index (χ3n) is 3.25. The fraction of sp³-hybridized carbons (Fsp3) is 0.214. The van der Waals surface area contributed by atoms with Crippen LogP contribution in [0, 0.1) is 5.82 Å². The Balaban J connectivity index is 1.61. The minimum Gasteiger partial charge on any atom is -0.313 e. The molecule has 0 bridgehead atoms. The molecule has 0 saturated carbocycles. The molecule has 0 atom stereocenters. The maximum Gasteiger partial charge on any atom is 0.325 e. The lowest BCUT2D eigenvalue weighted by Gasteiger charge is -2.18. The molecule has 1 saturated heterocycles. The summed E-state index contributed by atoms with van der Waals surface area (Å²) in [4.78, 5) is 31.1. The predicted octanol–water partition coefficient (Wildman–Crippen LogP) is 2.16. The van der Waals surface area contributed by atoms with Gasteiger partial charge in [0.2, 0.25) is 5.91 Å². The molecule has 0 aliphatic carbocycles. The van der Waals surface area contributed by atoms with E-state index >= 15 is 0 Å². The number of halogens is 1. The highest BCUT2D eigenvalue weighted by Crippen LogP contribution is 2.20. The van der Waals surface area contributed by atoms with Gasteiger partial charge in [0.05, 0.1) is 0 Å². The molecule has 0 radical (unpaired) electrons. The standard InChI is InChI=1S/C14H13FN4O2S/c15-10-1-3-11(4-2-10)19-7-6-18(14(19)21)9-12(20)17-13-16-5-8-22-13/h1-5,8H,6-7,9H2,(H,16,17,20). The summed E-state index contributed by atoms with van der Waals surface area (Å²) in [5.74, 6) is -0.640. The molecule has 1 aromatic heterocycles. The fourth-order valence-electron chi connectivity index (χ4n) is 2.21. The van der Waals surface area contributed by atoms with Crippen molar-refractivity contribution in [2.24, 2.45) is 0 Å². The molecule has 22 heavy (non-hydrogen) atoms. The topological polar surface area (TPSA) is 65.5 Å². The van der Waals surface area contributed by atoms with E-state index in [1.807, 2.05) is 0 Å². The van der Waals surface area contributed by atoms with Gasteiger partial charge in [-0.05, 0) is 24.3 Å². The Bertz CT molecular complexity index is 675. The summed E-state index contributed by atoms with van der Waals surface area (Å²) >= 11 is 1.32. The number of hydrogen-bond acceptors (Lipinski definition) is 4. The number of carbonyl (C=O) groups excluding carboxylic acids is 2. The number of anilines is 2. The van der Waals surface area contributed by atoms with Crippen LogP contribution < -0.4 is 10.2 Å². The van der Waals surface area contributed by atoms with Gasteiger partial charge in [-0.3, -0.25) is 9.69 Å². The minimum atomic E-state index is -0.352. The smallest absolute Gasteiger partial charge is 0.313 e. The zero-order chi connectivity index (χ0) is 15.5. The van der Waals surface area contributed by atoms with Crippen LogP contribution in [0.1, 0.15) is 0 Å². The molecule has 3 amide bonds. The second kappa shape index (κ2) is 6.10. The van der Waals surface area contributed by atoms with Crippen molar-refractivity contribution in [1.29, 1.82) is 0 Å². The van der Waals surface area contributed by atoms with Crippen molar-refractivity contribution in [2.45, 2.75) is 0 Å². The maximum atomic E-state index is 12.9. The van der Waals surface area contributed by atoms with E-state index in [0.29, 0.717) is 23.9 Å². The van der Waals surface area contributed by atoms with Crippen LogP contribution in [0.3, 0.4) is 0 Å². The van der Waals surface area contributed by atoms with E-state index in [9.17, 15) is 14.0 Å². The molecule has 0 spiro atoms. The Morgan fingerprint density at radius 1 is 1.32 bits per heavy atom. The Labute approximate surface area is 130 Å². The number of benzene rings is 1. The molecule has 114 valence electrons. The van der Waals surface area contributed by atoms with Gasteiger partial charge in [0.25, 0.3) is 0 Å². The molecule has 2 aromatic rings. The van der Waals surface area contributed by atoms with Crippen molar-refractivity contribution in [1.82, 2.24) is 9.88 Å². The third-order valence-corrected chi connectivity index (χ3v) is 3.93. The van der Waals surface area contributed by atoms with Crippen LogP contribution in [0.15, 0.2) is 35.8 Å². The number of amides is 3. The number of carbonyl (C=O) groups is 2. The van der Waals surface area contributed by atoms with Gasteiger partial charge in [0.1, 0.15) is 12.4 Å². The summed E-state index contributed by atoms with van der Waals surface area (Å²) in [6.45, 7) is 0.882. The second-order valence-corrected chi connectivity index (χ2v) is 5.61. The van der Waals surface area contributed by atoms with Crippen LogP contribution >= 0.6 is 11.3 Å². The lowest BCUT2D eigenvalue weighted by atomic mass is 10.3. The van der Waals surface area contributed by atoms with Crippen LogP contribution in [-0.4, -0.2) is 41.5 Å². The van der Waals surface area contributed by atoms with E-state index < -0.39 is 0 Å². The number of urea groups is 1. The lowest BCUT2D eigenvalue weighted by Crippen LogP contribution is -2.37. The Morgan fingerprint density at radius 3 is 2.77 bits per heavy atom. The van der Waals surface area contributed by atoms with Crippen LogP contribution in [0.2, 0.25) is 0 Å².